The number of pyridine rings is 1. The fourth-order valence-electron chi connectivity index (χ4n) is 1.97. The summed E-state index contributed by atoms with van der Waals surface area (Å²) in [7, 11) is 1.55. The second kappa shape index (κ2) is 9.29. The highest BCUT2D eigenvalue weighted by molar-refractivity contribution is 7.98. The van der Waals surface area contributed by atoms with Crippen molar-refractivity contribution in [3.8, 4) is 0 Å². The summed E-state index contributed by atoms with van der Waals surface area (Å²) < 4.78 is 5.11. The normalized spacial score (nSPS) is 11.9. The van der Waals surface area contributed by atoms with Crippen molar-refractivity contribution in [2.24, 2.45) is 5.73 Å². The number of amides is 1. The number of carbonyl (C=O) groups is 1. The average Bonchev–Trinajstić information content (AvgIpc) is 2.60. The molecule has 1 unspecified atom stereocenters. The molecule has 0 radical (unpaired) electrons. The highest BCUT2D eigenvalue weighted by Crippen LogP contribution is 2.24. The summed E-state index contributed by atoms with van der Waals surface area (Å²) >= 11 is 1.73. The molecule has 0 aliphatic heterocycles. The lowest BCUT2D eigenvalue weighted by molar-refractivity contribution is -0.118. The Balaban J connectivity index is 1.83. The monoisotopic (exact) mass is 331 g/mol. The first-order valence-electron chi connectivity index (χ1n) is 7.35. The fraction of sp³-hybridized carbons (Fsp3) is 0.294. The lowest BCUT2D eigenvalue weighted by Gasteiger charge is -2.12. The van der Waals surface area contributed by atoms with Gasteiger partial charge in [-0.1, -0.05) is 6.07 Å². The Hall–Kier alpha value is -1.89. The van der Waals surface area contributed by atoms with Crippen molar-refractivity contribution in [3.05, 3.63) is 54.4 Å². The number of rotatable bonds is 8. The number of thioether (sulfide) groups is 1. The van der Waals surface area contributed by atoms with Gasteiger partial charge in [0.2, 0.25) is 5.91 Å². The standard InChI is InChI=1S/C17H21N3O2S/c1-22-15(10-18)9-17(21)20-14-4-6-16(7-5-14)23-12-13-3-2-8-19-11-13/h2-8,11,15H,9-10,12,18H2,1H3,(H,20,21). The molecule has 1 atom stereocenters. The SMILES string of the molecule is COC(CN)CC(=O)Nc1ccc(SCc2cccnc2)cc1. The molecular weight excluding hydrogens is 310 g/mol. The quantitative estimate of drug-likeness (QED) is 0.727. The molecule has 2 aromatic rings. The highest BCUT2D eigenvalue weighted by Gasteiger charge is 2.11. The number of aromatic nitrogens is 1. The molecule has 122 valence electrons. The van der Waals surface area contributed by atoms with Crippen LogP contribution < -0.4 is 11.1 Å². The van der Waals surface area contributed by atoms with E-state index in [1.807, 2.05) is 36.5 Å². The van der Waals surface area contributed by atoms with E-state index in [1.54, 1.807) is 25.1 Å². The van der Waals surface area contributed by atoms with Gasteiger partial charge in [0.15, 0.2) is 0 Å². The number of nitrogens with two attached hydrogens (primary N) is 1. The number of hydrogen-bond donors (Lipinski definition) is 2. The van der Waals surface area contributed by atoms with E-state index in [-0.39, 0.29) is 18.4 Å². The molecule has 2 rings (SSSR count). The third kappa shape index (κ3) is 6.02. The molecule has 1 amide bonds. The fourth-order valence-corrected chi connectivity index (χ4v) is 2.80. The summed E-state index contributed by atoms with van der Waals surface area (Å²) in [5, 5.41) is 2.85. The van der Waals surface area contributed by atoms with Crippen LogP contribution in [0.15, 0.2) is 53.7 Å². The van der Waals surface area contributed by atoms with Crippen LogP contribution in [0.5, 0.6) is 0 Å². The number of ether oxygens (including phenoxy) is 1. The molecule has 1 aromatic heterocycles. The van der Waals surface area contributed by atoms with Gasteiger partial charge in [-0.2, -0.15) is 0 Å². The molecule has 5 nitrogen and oxygen atoms in total. The molecule has 0 aliphatic carbocycles. The van der Waals surface area contributed by atoms with E-state index in [0.29, 0.717) is 6.54 Å². The van der Waals surface area contributed by atoms with Crippen molar-refractivity contribution >= 4 is 23.4 Å². The van der Waals surface area contributed by atoms with Gasteiger partial charge in [0.05, 0.1) is 12.5 Å². The van der Waals surface area contributed by atoms with Crippen molar-refractivity contribution in [2.75, 3.05) is 19.0 Å². The van der Waals surface area contributed by atoms with Gasteiger partial charge in [0, 0.05) is 42.4 Å². The Bertz CT molecular complexity index is 601. The smallest absolute Gasteiger partial charge is 0.227 e. The second-order valence-electron chi connectivity index (χ2n) is 5.02. The minimum atomic E-state index is -0.246. The van der Waals surface area contributed by atoms with Gasteiger partial charge in [-0.3, -0.25) is 9.78 Å². The van der Waals surface area contributed by atoms with E-state index in [4.69, 9.17) is 10.5 Å². The van der Waals surface area contributed by atoms with Crippen LogP contribution in [0.4, 0.5) is 5.69 Å². The number of methoxy groups -OCH3 is 1. The van der Waals surface area contributed by atoms with Gasteiger partial charge in [-0.05, 0) is 35.9 Å². The number of nitrogens with zero attached hydrogens (tertiary/aromatic N) is 1. The minimum absolute atomic E-state index is 0.0990. The number of benzene rings is 1. The van der Waals surface area contributed by atoms with Crippen molar-refractivity contribution in [2.45, 2.75) is 23.2 Å². The van der Waals surface area contributed by atoms with Crippen LogP contribution in [0.25, 0.3) is 0 Å². The predicted molar refractivity (Wildman–Crippen MR) is 93.3 cm³/mol. The highest BCUT2D eigenvalue weighted by atomic mass is 32.2. The lowest BCUT2D eigenvalue weighted by Crippen LogP contribution is -2.28. The molecule has 6 heteroatoms. The molecule has 3 N–H and O–H groups in total. The number of hydrogen-bond acceptors (Lipinski definition) is 5. The number of nitrogens with one attached hydrogen (secondary N) is 1. The first-order chi connectivity index (χ1) is 11.2. The first kappa shape index (κ1) is 17.5. The first-order valence-corrected chi connectivity index (χ1v) is 8.34. The third-order valence-corrected chi connectivity index (χ3v) is 4.36. The van der Waals surface area contributed by atoms with Crippen LogP contribution in [-0.2, 0) is 15.3 Å². The van der Waals surface area contributed by atoms with Crippen LogP contribution in [0.2, 0.25) is 0 Å². The van der Waals surface area contributed by atoms with E-state index in [1.165, 1.54) is 5.56 Å². The minimum Gasteiger partial charge on any atom is -0.380 e. The van der Waals surface area contributed by atoms with Crippen LogP contribution >= 0.6 is 11.8 Å². The van der Waals surface area contributed by atoms with E-state index in [2.05, 4.69) is 16.4 Å². The molecular formula is C17H21N3O2S. The van der Waals surface area contributed by atoms with Gasteiger partial charge < -0.3 is 15.8 Å². The molecule has 23 heavy (non-hydrogen) atoms. The maximum atomic E-state index is 11.9. The summed E-state index contributed by atoms with van der Waals surface area (Å²) in [6.07, 6.45) is 3.64. The largest absolute Gasteiger partial charge is 0.380 e. The summed E-state index contributed by atoms with van der Waals surface area (Å²) in [4.78, 5) is 17.1. The topological polar surface area (TPSA) is 77.2 Å². The van der Waals surface area contributed by atoms with E-state index in [0.717, 1.165) is 16.3 Å². The molecule has 0 spiro atoms. The van der Waals surface area contributed by atoms with Crippen LogP contribution in [-0.4, -0.2) is 30.6 Å². The van der Waals surface area contributed by atoms with Crippen LogP contribution in [0.1, 0.15) is 12.0 Å². The van der Waals surface area contributed by atoms with Gasteiger partial charge >= 0.3 is 0 Å². The summed E-state index contributed by atoms with van der Waals surface area (Å²) in [6, 6.07) is 11.8. The van der Waals surface area contributed by atoms with Gasteiger partial charge in [-0.15, -0.1) is 11.8 Å². The molecule has 0 saturated heterocycles. The van der Waals surface area contributed by atoms with Crippen molar-refractivity contribution < 1.29 is 9.53 Å². The Labute approximate surface area is 140 Å². The molecule has 1 heterocycles. The maximum Gasteiger partial charge on any atom is 0.227 e. The van der Waals surface area contributed by atoms with Gasteiger partial charge in [0.1, 0.15) is 0 Å². The predicted octanol–water partition coefficient (Wildman–Crippen LogP) is 2.68. The number of anilines is 1. The van der Waals surface area contributed by atoms with Crippen molar-refractivity contribution in [1.82, 2.24) is 4.98 Å². The van der Waals surface area contributed by atoms with Crippen molar-refractivity contribution in [3.63, 3.8) is 0 Å². The van der Waals surface area contributed by atoms with Crippen LogP contribution in [0, 0.1) is 0 Å². The summed E-state index contributed by atoms with van der Waals surface area (Å²) in [6.45, 7) is 0.327. The third-order valence-electron chi connectivity index (χ3n) is 3.28. The molecule has 0 bridgehead atoms. The molecule has 1 aromatic carbocycles. The zero-order chi connectivity index (χ0) is 16.5. The summed E-state index contributed by atoms with van der Waals surface area (Å²) in [5.74, 6) is 0.768. The lowest BCUT2D eigenvalue weighted by atomic mass is 10.2. The second-order valence-corrected chi connectivity index (χ2v) is 6.07. The molecule has 0 aliphatic rings. The molecule has 0 saturated carbocycles. The Kier molecular flexibility index (Phi) is 7.06. The zero-order valence-corrected chi connectivity index (χ0v) is 13.9. The van der Waals surface area contributed by atoms with E-state index < -0.39 is 0 Å². The van der Waals surface area contributed by atoms with Gasteiger partial charge in [-0.25, -0.2) is 0 Å². The van der Waals surface area contributed by atoms with E-state index >= 15 is 0 Å². The summed E-state index contributed by atoms with van der Waals surface area (Å²) in [5.41, 5.74) is 7.47. The molecule has 0 fully saturated rings. The Morgan fingerprint density at radius 1 is 1.35 bits per heavy atom. The van der Waals surface area contributed by atoms with Crippen LogP contribution in [0.3, 0.4) is 0 Å². The van der Waals surface area contributed by atoms with Crippen molar-refractivity contribution in [1.29, 1.82) is 0 Å². The van der Waals surface area contributed by atoms with E-state index in [9.17, 15) is 4.79 Å². The van der Waals surface area contributed by atoms with Gasteiger partial charge in [0.25, 0.3) is 0 Å². The Morgan fingerprint density at radius 3 is 2.74 bits per heavy atom. The zero-order valence-electron chi connectivity index (χ0n) is 13.1. The Morgan fingerprint density at radius 2 is 2.13 bits per heavy atom. The average molecular weight is 331 g/mol. The maximum absolute atomic E-state index is 11.9. The number of carbonyl (C=O) groups excluding carboxylic acids is 1.